The van der Waals surface area contributed by atoms with Crippen LogP contribution in [0.15, 0.2) is 54.0 Å². The number of nitrogens with zero attached hydrogens (tertiary/aromatic N) is 5. The van der Waals surface area contributed by atoms with Gasteiger partial charge in [0.1, 0.15) is 23.3 Å². The molecule has 0 spiro atoms. The maximum atomic E-state index is 17.5. The Morgan fingerprint density at radius 2 is 1.77 bits per heavy atom. The number of pyridine rings is 2. The number of hydrogen-bond acceptors (Lipinski definition) is 6. The molecule has 2 aromatic carbocycles. The zero-order chi connectivity index (χ0) is 34.9. The van der Waals surface area contributed by atoms with E-state index in [1.807, 2.05) is 34.6 Å². The number of anilines is 2. The molecule has 2 amide bonds. The molecule has 1 N–H and O–H groups in total. The number of amides is 2. The van der Waals surface area contributed by atoms with Gasteiger partial charge in [-0.3, -0.25) is 23.9 Å². The molecule has 2 unspecified atom stereocenters. The number of fused-ring (bicyclic) bond motifs is 5. The van der Waals surface area contributed by atoms with Crippen LogP contribution in [0.25, 0.3) is 27.7 Å². The van der Waals surface area contributed by atoms with Gasteiger partial charge in [-0.25, -0.2) is 8.78 Å². The summed E-state index contributed by atoms with van der Waals surface area (Å²) < 4.78 is 34.1. The second-order valence-corrected chi connectivity index (χ2v) is 13.4. The van der Waals surface area contributed by atoms with Crippen LogP contribution >= 0.6 is 11.6 Å². The number of benzene rings is 2. The summed E-state index contributed by atoms with van der Waals surface area (Å²) in [4.78, 5) is 50.9. The van der Waals surface area contributed by atoms with Gasteiger partial charge in [0.2, 0.25) is 5.91 Å². The number of aromatic hydroxyl groups is 1. The number of phenolic OH excluding ortho intramolecular Hbond substituents is 1. The van der Waals surface area contributed by atoms with Crippen molar-refractivity contribution in [3.63, 3.8) is 0 Å². The van der Waals surface area contributed by atoms with Crippen LogP contribution in [-0.4, -0.2) is 63.6 Å². The molecule has 4 aromatic rings. The largest absolute Gasteiger partial charge is 0.507 e. The van der Waals surface area contributed by atoms with Crippen molar-refractivity contribution in [3.8, 4) is 22.6 Å². The second-order valence-electron chi connectivity index (χ2n) is 13.0. The SMILES string of the molecule is C=CC(=O)N1CC2C(=O)N(C)c3c(c4cc(Cl)c(-c5c(O)cccc5F)c(F)c4n(-c4c(C(C)C)ccnc4C(C)C)c3=O)N2CC1C. The third-order valence-electron chi connectivity index (χ3n) is 9.35. The first-order chi connectivity index (χ1) is 22.7. The maximum absolute atomic E-state index is 17.5. The van der Waals surface area contributed by atoms with Crippen LogP contribution in [0.2, 0.25) is 5.02 Å². The molecular formula is C36H36ClF2N5O4. The number of hydrogen-bond donors (Lipinski definition) is 1. The first kappa shape index (κ1) is 33.1. The molecule has 2 aliphatic heterocycles. The molecule has 9 nitrogen and oxygen atoms in total. The highest BCUT2D eigenvalue weighted by molar-refractivity contribution is 6.35. The molecule has 0 aliphatic carbocycles. The van der Waals surface area contributed by atoms with Crippen molar-refractivity contribution in [3.05, 3.63) is 87.5 Å². The van der Waals surface area contributed by atoms with Crippen molar-refractivity contribution >= 4 is 45.7 Å². The van der Waals surface area contributed by atoms with E-state index in [0.717, 1.165) is 6.07 Å². The minimum Gasteiger partial charge on any atom is -0.507 e. The molecule has 4 heterocycles. The Balaban J connectivity index is 1.82. The van der Waals surface area contributed by atoms with Crippen LogP contribution in [0.3, 0.4) is 0 Å². The molecular weight excluding hydrogens is 640 g/mol. The molecule has 12 heteroatoms. The first-order valence-corrected chi connectivity index (χ1v) is 16.1. The van der Waals surface area contributed by atoms with Gasteiger partial charge in [0.15, 0.2) is 5.82 Å². The minimum absolute atomic E-state index is 0.00432. The van der Waals surface area contributed by atoms with E-state index >= 15 is 13.6 Å². The van der Waals surface area contributed by atoms with E-state index in [4.69, 9.17) is 11.6 Å². The van der Waals surface area contributed by atoms with Crippen LogP contribution in [0.5, 0.6) is 5.75 Å². The van der Waals surface area contributed by atoms with E-state index in [0.29, 0.717) is 16.9 Å². The van der Waals surface area contributed by atoms with Crippen LogP contribution in [0, 0.1) is 11.6 Å². The Morgan fingerprint density at radius 3 is 2.40 bits per heavy atom. The standard InChI is InChI=1S/C36H36ClF2N5O4/c1-8-26(46)42-16-24-35(47)41(7)34-33(43(24)15-19(42)6)21-14-22(37)27(28-23(38)10-9-11-25(28)45)29(39)31(21)44(36(34)48)32-20(17(2)3)12-13-40-30(32)18(4)5/h8-14,17-19,24,45H,1,15-16H2,2-7H3. The zero-order valence-corrected chi connectivity index (χ0v) is 28.3. The van der Waals surface area contributed by atoms with Gasteiger partial charge >= 0.3 is 0 Å². The number of likely N-dealkylation sites (N-methyl/N-ethyl adjacent to an activating group) is 1. The number of piperazine rings is 1. The zero-order valence-electron chi connectivity index (χ0n) is 27.5. The molecule has 1 fully saturated rings. The quantitative estimate of drug-likeness (QED) is 0.243. The van der Waals surface area contributed by atoms with Crippen LogP contribution in [0.1, 0.15) is 57.7 Å². The summed E-state index contributed by atoms with van der Waals surface area (Å²) in [7, 11) is 1.48. The fourth-order valence-corrected chi connectivity index (χ4v) is 7.34. The van der Waals surface area contributed by atoms with Crippen molar-refractivity contribution in [1.82, 2.24) is 14.5 Å². The number of aromatic nitrogens is 2. The monoisotopic (exact) mass is 675 g/mol. The minimum atomic E-state index is -1.03. The number of carbonyl (C=O) groups is 2. The van der Waals surface area contributed by atoms with E-state index in [1.54, 1.807) is 22.1 Å². The summed E-state index contributed by atoms with van der Waals surface area (Å²) in [6.45, 7) is 13.3. The van der Waals surface area contributed by atoms with Crippen molar-refractivity contribution in [2.45, 2.75) is 58.5 Å². The number of phenols is 1. The highest BCUT2D eigenvalue weighted by atomic mass is 35.5. The summed E-state index contributed by atoms with van der Waals surface area (Å²) in [5.41, 5.74) is 0.0715. The smallest absolute Gasteiger partial charge is 0.281 e. The Hall–Kier alpha value is -4.77. The van der Waals surface area contributed by atoms with Crippen molar-refractivity contribution in [2.75, 3.05) is 29.9 Å². The van der Waals surface area contributed by atoms with Gasteiger partial charge in [-0.05, 0) is 54.7 Å². The summed E-state index contributed by atoms with van der Waals surface area (Å²) in [5.74, 6) is -3.57. The summed E-state index contributed by atoms with van der Waals surface area (Å²) in [5, 5.41) is 10.7. The van der Waals surface area contributed by atoms with Gasteiger partial charge < -0.3 is 19.8 Å². The first-order valence-electron chi connectivity index (χ1n) is 15.8. The topological polar surface area (TPSA) is 99.0 Å². The Bertz CT molecular complexity index is 2050. The lowest BCUT2D eigenvalue weighted by atomic mass is 9.93. The lowest BCUT2D eigenvalue weighted by Crippen LogP contribution is -2.66. The highest BCUT2D eigenvalue weighted by Crippen LogP contribution is 2.48. The van der Waals surface area contributed by atoms with Crippen molar-refractivity contribution in [1.29, 1.82) is 0 Å². The number of rotatable bonds is 5. The lowest BCUT2D eigenvalue weighted by Gasteiger charge is -2.50. The predicted molar refractivity (Wildman–Crippen MR) is 183 cm³/mol. The van der Waals surface area contributed by atoms with Crippen molar-refractivity contribution in [2.24, 2.45) is 0 Å². The Labute approximate surface area is 281 Å². The summed E-state index contributed by atoms with van der Waals surface area (Å²) >= 11 is 6.80. The highest BCUT2D eigenvalue weighted by Gasteiger charge is 2.46. The molecule has 6 rings (SSSR count). The van der Waals surface area contributed by atoms with Crippen molar-refractivity contribution < 1.29 is 23.5 Å². The van der Waals surface area contributed by atoms with E-state index in [2.05, 4.69) is 11.6 Å². The molecule has 1 saturated heterocycles. The Kier molecular flexibility index (Phi) is 8.31. The van der Waals surface area contributed by atoms with Gasteiger partial charge in [0.25, 0.3) is 11.5 Å². The molecule has 0 saturated carbocycles. The third kappa shape index (κ3) is 4.86. The van der Waals surface area contributed by atoms with Crippen LogP contribution in [-0.2, 0) is 9.59 Å². The normalized spacial score (nSPS) is 17.7. The van der Waals surface area contributed by atoms with Gasteiger partial charge in [0.05, 0.1) is 39.7 Å². The Morgan fingerprint density at radius 1 is 1.06 bits per heavy atom. The molecule has 250 valence electrons. The second kappa shape index (κ2) is 12.0. The molecule has 0 bridgehead atoms. The van der Waals surface area contributed by atoms with Gasteiger partial charge in [0, 0.05) is 36.8 Å². The van der Waals surface area contributed by atoms with Crippen LogP contribution < -0.4 is 15.4 Å². The number of halogens is 3. The fraction of sp³-hybridized carbons (Fsp3) is 0.333. The fourth-order valence-electron chi connectivity index (χ4n) is 7.05. The van der Waals surface area contributed by atoms with Crippen LogP contribution in [0.4, 0.5) is 20.2 Å². The molecule has 2 aliphatic rings. The average Bonchev–Trinajstić information content (AvgIpc) is 3.03. The maximum Gasteiger partial charge on any atom is 0.281 e. The predicted octanol–water partition coefficient (Wildman–Crippen LogP) is 6.50. The lowest BCUT2D eigenvalue weighted by molar-refractivity contribution is -0.130. The molecule has 48 heavy (non-hydrogen) atoms. The van der Waals surface area contributed by atoms with E-state index < -0.39 is 52.1 Å². The third-order valence-corrected chi connectivity index (χ3v) is 9.65. The number of carbonyl (C=O) groups excluding carboxylic acids is 2. The molecule has 0 radical (unpaired) electrons. The summed E-state index contributed by atoms with van der Waals surface area (Å²) in [6.07, 6.45) is 2.83. The van der Waals surface area contributed by atoms with E-state index in [9.17, 15) is 14.7 Å². The molecule has 2 aromatic heterocycles. The average molecular weight is 676 g/mol. The van der Waals surface area contributed by atoms with Gasteiger partial charge in [-0.1, -0.05) is 51.9 Å². The summed E-state index contributed by atoms with van der Waals surface area (Å²) in [6, 6.07) is 5.52. The van der Waals surface area contributed by atoms with E-state index in [1.165, 1.54) is 40.8 Å². The van der Waals surface area contributed by atoms with E-state index in [-0.39, 0.29) is 58.1 Å². The van der Waals surface area contributed by atoms with Gasteiger partial charge in [-0.15, -0.1) is 0 Å². The van der Waals surface area contributed by atoms with Gasteiger partial charge in [-0.2, -0.15) is 0 Å². The molecule has 2 atom stereocenters.